The molecule has 4 heteroatoms. The Morgan fingerprint density at radius 3 is 2.69 bits per heavy atom. The number of hydrogen-bond donors (Lipinski definition) is 2. The van der Waals surface area contributed by atoms with E-state index in [1.54, 1.807) is 7.05 Å². The van der Waals surface area contributed by atoms with Gasteiger partial charge in [0, 0.05) is 19.7 Å². The molecule has 1 aliphatic rings. The number of amides is 1. The molecule has 1 aliphatic heterocycles. The van der Waals surface area contributed by atoms with Crippen LogP contribution in [0.3, 0.4) is 0 Å². The van der Waals surface area contributed by atoms with Crippen molar-refractivity contribution in [2.45, 2.75) is 51.2 Å². The van der Waals surface area contributed by atoms with Gasteiger partial charge in [-0.1, -0.05) is 13.8 Å². The van der Waals surface area contributed by atoms with E-state index in [0.717, 1.165) is 32.3 Å². The van der Waals surface area contributed by atoms with Crippen LogP contribution < -0.4 is 10.6 Å². The molecule has 0 saturated carbocycles. The van der Waals surface area contributed by atoms with Crippen molar-refractivity contribution in [3.05, 3.63) is 0 Å². The summed E-state index contributed by atoms with van der Waals surface area (Å²) in [5.41, 5.74) is 0.0264. The second kappa shape index (κ2) is 6.21. The zero-order valence-corrected chi connectivity index (χ0v) is 10.6. The van der Waals surface area contributed by atoms with Crippen LogP contribution in [0.1, 0.15) is 39.5 Å². The number of carbonyl (C=O) groups is 1. The van der Waals surface area contributed by atoms with Gasteiger partial charge in [-0.3, -0.25) is 4.79 Å². The molecule has 0 aromatic rings. The van der Waals surface area contributed by atoms with Crippen LogP contribution in [-0.2, 0) is 9.53 Å². The third-order valence-electron chi connectivity index (χ3n) is 3.61. The number of likely N-dealkylation sites (N-methyl/N-ethyl adjacent to an activating group) is 1. The van der Waals surface area contributed by atoms with Gasteiger partial charge in [-0.2, -0.15) is 0 Å². The highest BCUT2D eigenvalue weighted by Crippen LogP contribution is 2.31. The van der Waals surface area contributed by atoms with E-state index < -0.39 is 0 Å². The molecule has 0 aromatic carbocycles. The van der Waals surface area contributed by atoms with E-state index in [9.17, 15) is 4.79 Å². The second-order valence-corrected chi connectivity index (χ2v) is 4.48. The molecule has 1 fully saturated rings. The van der Waals surface area contributed by atoms with E-state index in [1.165, 1.54) is 0 Å². The number of nitrogens with one attached hydrogen (secondary N) is 2. The smallest absolute Gasteiger partial charge is 0.233 e. The summed E-state index contributed by atoms with van der Waals surface area (Å²) >= 11 is 0. The van der Waals surface area contributed by atoms with Gasteiger partial charge >= 0.3 is 0 Å². The van der Waals surface area contributed by atoms with Gasteiger partial charge in [-0.25, -0.2) is 0 Å². The number of ether oxygens (including phenoxy) is 1. The van der Waals surface area contributed by atoms with E-state index in [-0.39, 0.29) is 11.5 Å². The Balaban J connectivity index is 2.41. The predicted molar refractivity (Wildman–Crippen MR) is 64.4 cm³/mol. The highest BCUT2D eigenvalue weighted by Gasteiger charge is 2.34. The van der Waals surface area contributed by atoms with Gasteiger partial charge in [-0.05, 0) is 25.7 Å². The minimum Gasteiger partial charge on any atom is -0.375 e. The summed E-state index contributed by atoms with van der Waals surface area (Å²) in [5.74, 6) is 0.0464. The summed E-state index contributed by atoms with van der Waals surface area (Å²) in [6, 6.07) is 0.408. The van der Waals surface area contributed by atoms with E-state index in [2.05, 4.69) is 24.5 Å². The van der Waals surface area contributed by atoms with E-state index in [1.807, 2.05) is 0 Å². The quantitative estimate of drug-likeness (QED) is 0.740. The lowest BCUT2D eigenvalue weighted by atomic mass is 9.86. The monoisotopic (exact) mass is 228 g/mol. The molecule has 0 aliphatic carbocycles. The third-order valence-corrected chi connectivity index (χ3v) is 3.61. The minimum absolute atomic E-state index is 0.0264. The second-order valence-electron chi connectivity index (χ2n) is 4.48. The molecule has 4 nitrogen and oxygen atoms in total. The lowest BCUT2D eigenvalue weighted by molar-refractivity contribution is -0.121. The van der Waals surface area contributed by atoms with Gasteiger partial charge in [0.05, 0.1) is 12.1 Å². The zero-order chi connectivity index (χ0) is 12.0. The predicted octanol–water partition coefficient (Wildman–Crippen LogP) is 1.06. The van der Waals surface area contributed by atoms with Crippen LogP contribution in [0.15, 0.2) is 0 Å². The molecule has 1 heterocycles. The van der Waals surface area contributed by atoms with Gasteiger partial charge in [0.25, 0.3) is 0 Å². The normalized spacial score (nSPS) is 24.1. The first-order chi connectivity index (χ1) is 7.65. The SMILES string of the molecule is CCC1(CC)CC(NCC(=O)NC)CCO1. The van der Waals surface area contributed by atoms with E-state index in [4.69, 9.17) is 4.74 Å². The van der Waals surface area contributed by atoms with Crippen LogP contribution in [0.25, 0.3) is 0 Å². The maximum absolute atomic E-state index is 11.2. The number of rotatable bonds is 5. The first-order valence-corrected chi connectivity index (χ1v) is 6.23. The minimum atomic E-state index is 0.0264. The van der Waals surface area contributed by atoms with Crippen LogP contribution in [-0.4, -0.2) is 37.7 Å². The van der Waals surface area contributed by atoms with Gasteiger partial charge in [0.2, 0.25) is 5.91 Å². The summed E-state index contributed by atoms with van der Waals surface area (Å²) in [5, 5.41) is 5.92. The fraction of sp³-hybridized carbons (Fsp3) is 0.917. The highest BCUT2D eigenvalue weighted by molar-refractivity contribution is 5.77. The Morgan fingerprint density at radius 1 is 1.44 bits per heavy atom. The lowest BCUT2D eigenvalue weighted by Gasteiger charge is -2.40. The van der Waals surface area contributed by atoms with Crippen molar-refractivity contribution in [3.8, 4) is 0 Å². The molecule has 94 valence electrons. The van der Waals surface area contributed by atoms with Gasteiger partial charge < -0.3 is 15.4 Å². The van der Waals surface area contributed by atoms with Crippen molar-refractivity contribution in [2.24, 2.45) is 0 Å². The Kier molecular flexibility index (Phi) is 5.22. The number of hydrogen-bond acceptors (Lipinski definition) is 3. The molecular formula is C12H24N2O2. The molecule has 1 rings (SSSR count). The Labute approximate surface area is 98.1 Å². The Hall–Kier alpha value is -0.610. The topological polar surface area (TPSA) is 50.4 Å². The molecule has 1 amide bonds. The summed E-state index contributed by atoms with van der Waals surface area (Å²) in [4.78, 5) is 11.2. The summed E-state index contributed by atoms with van der Waals surface area (Å²) < 4.78 is 5.89. The van der Waals surface area contributed by atoms with E-state index >= 15 is 0 Å². The van der Waals surface area contributed by atoms with Crippen molar-refractivity contribution in [1.29, 1.82) is 0 Å². The average molecular weight is 228 g/mol. The van der Waals surface area contributed by atoms with Crippen LogP contribution >= 0.6 is 0 Å². The molecule has 0 spiro atoms. The summed E-state index contributed by atoms with van der Waals surface area (Å²) in [7, 11) is 1.66. The van der Waals surface area contributed by atoms with Gasteiger partial charge in [0.15, 0.2) is 0 Å². The van der Waals surface area contributed by atoms with Crippen LogP contribution in [0, 0.1) is 0 Å². The molecule has 1 atom stereocenters. The van der Waals surface area contributed by atoms with Crippen molar-refractivity contribution >= 4 is 5.91 Å². The number of carbonyl (C=O) groups excluding carboxylic acids is 1. The highest BCUT2D eigenvalue weighted by atomic mass is 16.5. The first kappa shape index (κ1) is 13.5. The summed E-state index contributed by atoms with van der Waals surface area (Å²) in [6.07, 6.45) is 4.10. The standard InChI is InChI=1S/C12H24N2O2/c1-4-12(5-2)8-10(6-7-16-12)14-9-11(15)13-3/h10,14H,4-9H2,1-3H3,(H,13,15). The van der Waals surface area contributed by atoms with Crippen LogP contribution in [0.2, 0.25) is 0 Å². The molecule has 16 heavy (non-hydrogen) atoms. The maximum Gasteiger partial charge on any atom is 0.233 e. The molecular weight excluding hydrogens is 204 g/mol. The fourth-order valence-electron chi connectivity index (χ4n) is 2.27. The summed E-state index contributed by atoms with van der Waals surface area (Å²) in [6.45, 7) is 5.55. The first-order valence-electron chi connectivity index (χ1n) is 6.23. The van der Waals surface area contributed by atoms with E-state index in [0.29, 0.717) is 12.6 Å². The largest absolute Gasteiger partial charge is 0.375 e. The molecule has 1 saturated heterocycles. The van der Waals surface area contributed by atoms with Crippen molar-refractivity contribution in [3.63, 3.8) is 0 Å². The van der Waals surface area contributed by atoms with Crippen LogP contribution in [0.4, 0.5) is 0 Å². The van der Waals surface area contributed by atoms with Crippen molar-refractivity contribution < 1.29 is 9.53 Å². The Bertz CT molecular complexity index is 227. The van der Waals surface area contributed by atoms with Gasteiger partial charge in [-0.15, -0.1) is 0 Å². The molecule has 0 bridgehead atoms. The van der Waals surface area contributed by atoms with Crippen molar-refractivity contribution in [1.82, 2.24) is 10.6 Å². The Morgan fingerprint density at radius 2 is 2.12 bits per heavy atom. The molecule has 0 aromatic heterocycles. The maximum atomic E-state index is 11.2. The zero-order valence-electron chi connectivity index (χ0n) is 10.6. The average Bonchev–Trinajstić information content (AvgIpc) is 2.36. The van der Waals surface area contributed by atoms with Crippen molar-refractivity contribution in [2.75, 3.05) is 20.2 Å². The third kappa shape index (κ3) is 3.46. The fourth-order valence-corrected chi connectivity index (χ4v) is 2.27. The molecule has 2 N–H and O–H groups in total. The van der Waals surface area contributed by atoms with Crippen LogP contribution in [0.5, 0.6) is 0 Å². The molecule has 0 radical (unpaired) electrons. The molecule has 1 unspecified atom stereocenters. The lowest BCUT2D eigenvalue weighted by Crippen LogP contribution is -2.48. The van der Waals surface area contributed by atoms with Gasteiger partial charge in [0.1, 0.15) is 0 Å².